The molecule has 2 fully saturated rings. The quantitative estimate of drug-likeness (QED) is 0.752. The monoisotopic (exact) mass is 410 g/mol. The van der Waals surface area contributed by atoms with Gasteiger partial charge >= 0.3 is 6.09 Å². The lowest BCUT2D eigenvalue weighted by Crippen LogP contribution is -2.53. The van der Waals surface area contributed by atoms with Crippen LogP contribution in [0.5, 0.6) is 0 Å². The van der Waals surface area contributed by atoms with E-state index in [1.54, 1.807) is 11.8 Å². The van der Waals surface area contributed by atoms with Crippen LogP contribution in [0, 0.1) is 0 Å². The topological polar surface area (TPSA) is 99.3 Å². The summed E-state index contributed by atoms with van der Waals surface area (Å²) in [5.74, 6) is 0.0946. The molecule has 1 aromatic carbocycles. The van der Waals surface area contributed by atoms with Crippen LogP contribution in [0.1, 0.15) is 25.3 Å². The fourth-order valence-corrected chi connectivity index (χ4v) is 4.52. The molecule has 10 heteroatoms. The van der Waals surface area contributed by atoms with E-state index in [-0.39, 0.29) is 25.5 Å². The highest BCUT2D eigenvalue weighted by molar-refractivity contribution is 7.87. The number of piperazine rings is 1. The molecule has 0 bridgehead atoms. The van der Waals surface area contributed by atoms with Crippen LogP contribution in [0.25, 0.3) is 0 Å². The summed E-state index contributed by atoms with van der Waals surface area (Å²) in [5, 5.41) is 0. The van der Waals surface area contributed by atoms with E-state index in [1.165, 1.54) is 9.21 Å². The second-order valence-corrected chi connectivity index (χ2v) is 8.49. The Labute approximate surface area is 165 Å². The van der Waals surface area contributed by atoms with E-state index in [4.69, 9.17) is 4.74 Å². The van der Waals surface area contributed by atoms with Gasteiger partial charge in [0.1, 0.15) is 0 Å². The van der Waals surface area contributed by atoms with Gasteiger partial charge in [0.05, 0.1) is 6.61 Å². The van der Waals surface area contributed by atoms with Crippen LogP contribution in [-0.2, 0) is 26.3 Å². The van der Waals surface area contributed by atoms with Crippen LogP contribution >= 0.6 is 0 Å². The first-order valence-corrected chi connectivity index (χ1v) is 10.9. The highest BCUT2D eigenvalue weighted by Crippen LogP contribution is 2.22. The Kier molecular flexibility index (Phi) is 6.53. The average Bonchev–Trinajstić information content (AvgIpc) is 3.13. The Morgan fingerprint density at radius 2 is 1.93 bits per heavy atom. The molecule has 154 valence electrons. The predicted molar refractivity (Wildman–Crippen MR) is 104 cm³/mol. The van der Waals surface area contributed by atoms with Crippen molar-refractivity contribution in [1.29, 1.82) is 0 Å². The number of carbonyl (C=O) groups is 2. The molecule has 2 aliphatic heterocycles. The molecule has 0 spiro atoms. The standard InChI is InChI=1S/C18H26N4O5S/c1-2-27-18(24)20-9-11-21(12-10-20)28(25,26)19-14-15-5-3-6-16(13-15)22-8-4-7-17(22)23/h3,5-6,13,19H,2,4,7-12,14H2,1H3. The van der Waals surface area contributed by atoms with Gasteiger partial charge in [0.2, 0.25) is 5.91 Å². The van der Waals surface area contributed by atoms with Crippen molar-refractivity contribution in [2.75, 3.05) is 44.2 Å². The highest BCUT2D eigenvalue weighted by Gasteiger charge is 2.29. The normalized spacial score (nSPS) is 18.5. The van der Waals surface area contributed by atoms with E-state index < -0.39 is 16.3 Å². The van der Waals surface area contributed by atoms with Gasteiger partial charge in [-0.3, -0.25) is 4.79 Å². The SMILES string of the molecule is CCOC(=O)N1CCN(S(=O)(=O)NCc2cccc(N3CCCC3=O)c2)CC1. The van der Waals surface area contributed by atoms with Crippen LogP contribution in [0.2, 0.25) is 0 Å². The lowest BCUT2D eigenvalue weighted by atomic mass is 10.2. The average molecular weight is 410 g/mol. The Hall–Kier alpha value is -2.17. The fraction of sp³-hybridized carbons (Fsp3) is 0.556. The minimum absolute atomic E-state index is 0.0946. The Morgan fingerprint density at radius 1 is 1.18 bits per heavy atom. The lowest BCUT2D eigenvalue weighted by molar-refractivity contribution is -0.117. The maximum absolute atomic E-state index is 12.6. The molecular formula is C18H26N4O5S. The molecule has 2 saturated heterocycles. The number of nitrogens with zero attached hydrogens (tertiary/aromatic N) is 3. The van der Waals surface area contributed by atoms with E-state index in [0.29, 0.717) is 32.7 Å². The molecule has 3 rings (SSSR count). The van der Waals surface area contributed by atoms with Gasteiger partial charge in [-0.15, -0.1) is 0 Å². The molecule has 0 aliphatic carbocycles. The van der Waals surface area contributed by atoms with Crippen molar-refractivity contribution in [3.8, 4) is 0 Å². The first-order valence-electron chi connectivity index (χ1n) is 9.46. The van der Waals surface area contributed by atoms with Gasteiger partial charge in [-0.2, -0.15) is 17.4 Å². The number of rotatable bonds is 6. The highest BCUT2D eigenvalue weighted by atomic mass is 32.2. The van der Waals surface area contributed by atoms with E-state index in [9.17, 15) is 18.0 Å². The van der Waals surface area contributed by atoms with Gasteiger partial charge in [-0.25, -0.2) is 4.79 Å². The van der Waals surface area contributed by atoms with Crippen LogP contribution in [0.4, 0.5) is 10.5 Å². The molecule has 28 heavy (non-hydrogen) atoms. The smallest absolute Gasteiger partial charge is 0.409 e. The summed E-state index contributed by atoms with van der Waals surface area (Å²) in [7, 11) is -3.66. The largest absolute Gasteiger partial charge is 0.450 e. The van der Waals surface area contributed by atoms with E-state index in [0.717, 1.165) is 17.7 Å². The lowest BCUT2D eigenvalue weighted by Gasteiger charge is -2.33. The van der Waals surface area contributed by atoms with Crippen LogP contribution in [-0.4, -0.2) is 69.0 Å². The number of amides is 2. The van der Waals surface area contributed by atoms with Gasteiger partial charge in [-0.05, 0) is 31.0 Å². The fourth-order valence-electron chi connectivity index (χ4n) is 3.35. The first-order chi connectivity index (χ1) is 13.4. The third kappa shape index (κ3) is 4.81. The number of ether oxygens (including phenoxy) is 1. The molecular weight excluding hydrogens is 384 g/mol. The zero-order chi connectivity index (χ0) is 20.1. The van der Waals surface area contributed by atoms with Gasteiger partial charge < -0.3 is 14.5 Å². The van der Waals surface area contributed by atoms with Gasteiger partial charge in [0, 0.05) is 51.4 Å². The Bertz CT molecular complexity index is 821. The molecule has 1 N–H and O–H groups in total. The molecule has 2 aliphatic rings. The second-order valence-electron chi connectivity index (χ2n) is 6.73. The zero-order valence-corrected chi connectivity index (χ0v) is 16.8. The minimum Gasteiger partial charge on any atom is -0.450 e. The number of hydrogen-bond acceptors (Lipinski definition) is 5. The third-order valence-corrected chi connectivity index (χ3v) is 6.41. The predicted octanol–water partition coefficient (Wildman–Crippen LogP) is 0.922. The number of carbonyl (C=O) groups excluding carboxylic acids is 2. The molecule has 0 unspecified atom stereocenters. The van der Waals surface area contributed by atoms with E-state index in [1.807, 2.05) is 24.3 Å². The summed E-state index contributed by atoms with van der Waals surface area (Å²) in [5.41, 5.74) is 1.58. The Balaban J connectivity index is 1.56. The molecule has 0 radical (unpaired) electrons. The molecule has 0 atom stereocenters. The maximum Gasteiger partial charge on any atom is 0.409 e. The first kappa shape index (κ1) is 20.6. The summed E-state index contributed by atoms with van der Waals surface area (Å²) >= 11 is 0. The van der Waals surface area contributed by atoms with Crippen molar-refractivity contribution in [3.63, 3.8) is 0 Å². The summed E-state index contributed by atoms with van der Waals surface area (Å²) in [4.78, 5) is 26.9. The second kappa shape index (κ2) is 8.89. The van der Waals surface area contributed by atoms with Gasteiger partial charge in [0.25, 0.3) is 10.2 Å². The van der Waals surface area contributed by atoms with Gasteiger partial charge in [-0.1, -0.05) is 12.1 Å². The van der Waals surface area contributed by atoms with Crippen LogP contribution in [0.15, 0.2) is 24.3 Å². The summed E-state index contributed by atoms with van der Waals surface area (Å²) in [6.45, 7) is 3.89. The number of benzene rings is 1. The van der Waals surface area contributed by atoms with Crippen molar-refractivity contribution in [2.45, 2.75) is 26.3 Å². The summed E-state index contributed by atoms with van der Waals surface area (Å²) < 4.78 is 34.0. The van der Waals surface area contributed by atoms with Crippen molar-refractivity contribution >= 4 is 27.9 Å². The molecule has 2 heterocycles. The van der Waals surface area contributed by atoms with Gasteiger partial charge in [0.15, 0.2) is 0 Å². The zero-order valence-electron chi connectivity index (χ0n) is 16.0. The molecule has 0 aromatic heterocycles. The van der Waals surface area contributed by atoms with Crippen LogP contribution < -0.4 is 9.62 Å². The van der Waals surface area contributed by atoms with E-state index >= 15 is 0 Å². The maximum atomic E-state index is 12.6. The van der Waals surface area contributed by atoms with Crippen LogP contribution in [0.3, 0.4) is 0 Å². The Morgan fingerprint density at radius 3 is 2.57 bits per heavy atom. The number of nitrogens with one attached hydrogen (secondary N) is 1. The number of anilines is 1. The minimum atomic E-state index is -3.66. The van der Waals surface area contributed by atoms with Crippen molar-refractivity contribution in [1.82, 2.24) is 13.9 Å². The van der Waals surface area contributed by atoms with E-state index in [2.05, 4.69) is 4.72 Å². The number of hydrogen-bond donors (Lipinski definition) is 1. The summed E-state index contributed by atoms with van der Waals surface area (Å²) in [6, 6.07) is 7.34. The molecule has 9 nitrogen and oxygen atoms in total. The van der Waals surface area contributed by atoms with Crippen molar-refractivity contribution in [2.24, 2.45) is 0 Å². The molecule has 2 amide bonds. The molecule has 0 saturated carbocycles. The third-order valence-electron chi connectivity index (χ3n) is 4.86. The van der Waals surface area contributed by atoms with Crippen molar-refractivity contribution < 1.29 is 22.7 Å². The van der Waals surface area contributed by atoms with Crippen molar-refractivity contribution in [3.05, 3.63) is 29.8 Å². The summed E-state index contributed by atoms with van der Waals surface area (Å²) in [6.07, 6.45) is 0.975. The molecule has 1 aromatic rings.